The van der Waals surface area contributed by atoms with Crippen molar-refractivity contribution < 1.29 is 9.90 Å². The van der Waals surface area contributed by atoms with E-state index in [1.807, 2.05) is 0 Å². The molecule has 0 radical (unpaired) electrons. The highest BCUT2D eigenvalue weighted by Gasteiger charge is 2.45. The van der Waals surface area contributed by atoms with Gasteiger partial charge in [-0.1, -0.05) is 20.3 Å². The van der Waals surface area contributed by atoms with Crippen molar-refractivity contribution in [3.8, 4) is 0 Å². The van der Waals surface area contributed by atoms with Gasteiger partial charge in [0.05, 0.1) is 0 Å². The van der Waals surface area contributed by atoms with Crippen molar-refractivity contribution in [2.45, 2.75) is 57.9 Å². The predicted molar refractivity (Wildman–Crippen MR) is 73.5 cm³/mol. The highest BCUT2D eigenvalue weighted by Crippen LogP contribution is 2.36. The molecule has 1 fully saturated rings. The van der Waals surface area contributed by atoms with E-state index >= 15 is 0 Å². The first-order valence-electron chi connectivity index (χ1n) is 7.29. The van der Waals surface area contributed by atoms with Crippen molar-refractivity contribution in [3.63, 3.8) is 0 Å². The molecule has 0 spiro atoms. The summed E-state index contributed by atoms with van der Waals surface area (Å²) >= 11 is 0. The van der Waals surface area contributed by atoms with Crippen LogP contribution in [0.1, 0.15) is 52.4 Å². The third-order valence-corrected chi connectivity index (χ3v) is 4.14. The van der Waals surface area contributed by atoms with Crippen LogP contribution in [0.25, 0.3) is 0 Å². The van der Waals surface area contributed by atoms with Crippen molar-refractivity contribution in [3.05, 3.63) is 0 Å². The van der Waals surface area contributed by atoms with Crippen LogP contribution in [0.2, 0.25) is 0 Å². The fourth-order valence-corrected chi connectivity index (χ4v) is 3.09. The second-order valence-electron chi connectivity index (χ2n) is 5.56. The molecular formula is C14H28N2O2. The molecule has 0 amide bonds. The van der Waals surface area contributed by atoms with Crippen LogP contribution < -0.4 is 5.73 Å². The van der Waals surface area contributed by atoms with Gasteiger partial charge < -0.3 is 15.7 Å². The summed E-state index contributed by atoms with van der Waals surface area (Å²) in [5.41, 5.74) is 5.09. The molecule has 1 aliphatic rings. The van der Waals surface area contributed by atoms with E-state index in [4.69, 9.17) is 5.73 Å². The summed E-state index contributed by atoms with van der Waals surface area (Å²) in [6.45, 7) is 7.56. The Morgan fingerprint density at radius 2 is 1.94 bits per heavy atom. The lowest BCUT2D eigenvalue weighted by molar-refractivity contribution is -0.144. The maximum absolute atomic E-state index is 11.3. The summed E-state index contributed by atoms with van der Waals surface area (Å²) in [6.07, 6.45) is 5.77. The molecular weight excluding hydrogens is 228 g/mol. The second kappa shape index (κ2) is 7.10. The third kappa shape index (κ3) is 3.69. The molecule has 0 aliphatic heterocycles. The zero-order valence-corrected chi connectivity index (χ0v) is 11.8. The monoisotopic (exact) mass is 256 g/mol. The molecule has 0 bridgehead atoms. The molecule has 2 unspecified atom stereocenters. The molecule has 1 aliphatic carbocycles. The quantitative estimate of drug-likeness (QED) is 0.698. The van der Waals surface area contributed by atoms with E-state index in [1.54, 1.807) is 0 Å². The summed E-state index contributed by atoms with van der Waals surface area (Å²) in [5.74, 6) is -0.672. The minimum absolute atomic E-state index is 0.145. The average Bonchev–Trinajstić information content (AvgIpc) is 2.70. The van der Waals surface area contributed by atoms with Crippen LogP contribution in [0, 0.1) is 5.92 Å². The number of rotatable bonds is 8. The standard InChI is InChI=1S/C14H28N2O2/c1-3-9-16(10-4-2)11-7-12-6-5-8-14(12,15)13(17)18/h12H,3-11,15H2,1-2H3,(H,17,18). The number of nitrogens with two attached hydrogens (primary N) is 1. The first kappa shape index (κ1) is 15.4. The lowest BCUT2D eigenvalue weighted by atomic mass is 9.85. The number of nitrogens with zero attached hydrogens (tertiary/aromatic N) is 1. The third-order valence-electron chi connectivity index (χ3n) is 4.14. The molecule has 0 heterocycles. The molecule has 1 saturated carbocycles. The van der Waals surface area contributed by atoms with Crippen LogP contribution in [0.3, 0.4) is 0 Å². The Bertz CT molecular complexity index is 265. The van der Waals surface area contributed by atoms with Crippen molar-refractivity contribution in [2.75, 3.05) is 19.6 Å². The van der Waals surface area contributed by atoms with Gasteiger partial charge in [-0.2, -0.15) is 0 Å². The van der Waals surface area contributed by atoms with Crippen LogP contribution in [-0.4, -0.2) is 41.1 Å². The molecule has 0 aromatic heterocycles. The summed E-state index contributed by atoms with van der Waals surface area (Å²) in [7, 11) is 0. The highest BCUT2D eigenvalue weighted by atomic mass is 16.4. The van der Waals surface area contributed by atoms with Gasteiger partial charge in [-0.15, -0.1) is 0 Å². The summed E-state index contributed by atoms with van der Waals surface area (Å²) < 4.78 is 0. The van der Waals surface area contributed by atoms with Crippen LogP contribution in [-0.2, 0) is 4.79 Å². The van der Waals surface area contributed by atoms with Gasteiger partial charge in [0.1, 0.15) is 5.54 Å². The van der Waals surface area contributed by atoms with Crippen LogP contribution >= 0.6 is 0 Å². The first-order chi connectivity index (χ1) is 8.54. The van der Waals surface area contributed by atoms with E-state index in [1.165, 1.54) is 0 Å². The fourth-order valence-electron chi connectivity index (χ4n) is 3.09. The smallest absolute Gasteiger partial charge is 0.323 e. The molecule has 106 valence electrons. The lowest BCUT2D eigenvalue weighted by Crippen LogP contribution is -2.51. The molecule has 4 nitrogen and oxygen atoms in total. The van der Waals surface area contributed by atoms with Crippen molar-refractivity contribution in [1.29, 1.82) is 0 Å². The molecule has 0 aromatic carbocycles. The molecule has 0 saturated heterocycles. The van der Waals surface area contributed by atoms with Gasteiger partial charge in [-0.25, -0.2) is 0 Å². The summed E-state index contributed by atoms with van der Waals surface area (Å²) in [6, 6.07) is 0. The molecule has 4 heteroatoms. The Morgan fingerprint density at radius 3 is 2.44 bits per heavy atom. The maximum atomic E-state index is 11.3. The molecule has 3 N–H and O–H groups in total. The minimum Gasteiger partial charge on any atom is -0.480 e. The molecule has 1 rings (SSSR count). The van der Waals surface area contributed by atoms with Gasteiger partial charge >= 0.3 is 5.97 Å². The Balaban J connectivity index is 2.48. The number of hydrogen-bond donors (Lipinski definition) is 2. The van der Waals surface area contributed by atoms with Gasteiger partial charge in [-0.3, -0.25) is 4.79 Å². The van der Waals surface area contributed by atoms with Crippen molar-refractivity contribution in [2.24, 2.45) is 11.7 Å². The van der Waals surface area contributed by atoms with Gasteiger partial charge in [0.15, 0.2) is 0 Å². The van der Waals surface area contributed by atoms with E-state index in [-0.39, 0.29) is 5.92 Å². The fraction of sp³-hybridized carbons (Fsp3) is 0.929. The van der Waals surface area contributed by atoms with Gasteiger partial charge in [0.25, 0.3) is 0 Å². The molecule has 18 heavy (non-hydrogen) atoms. The topological polar surface area (TPSA) is 66.6 Å². The van der Waals surface area contributed by atoms with Crippen molar-refractivity contribution >= 4 is 5.97 Å². The highest BCUT2D eigenvalue weighted by molar-refractivity contribution is 5.79. The van der Waals surface area contributed by atoms with Crippen LogP contribution in [0.4, 0.5) is 0 Å². The Labute approximate surface area is 111 Å². The average molecular weight is 256 g/mol. The minimum atomic E-state index is -0.968. The number of carbonyl (C=O) groups is 1. The number of hydrogen-bond acceptors (Lipinski definition) is 3. The van der Waals surface area contributed by atoms with Gasteiger partial charge in [0, 0.05) is 0 Å². The van der Waals surface area contributed by atoms with Crippen molar-refractivity contribution in [1.82, 2.24) is 4.90 Å². The van der Waals surface area contributed by atoms with E-state index in [9.17, 15) is 9.90 Å². The zero-order valence-electron chi connectivity index (χ0n) is 11.8. The lowest BCUT2D eigenvalue weighted by Gasteiger charge is -2.29. The number of carboxylic acids is 1. The predicted octanol–water partition coefficient (Wildman–Crippen LogP) is 2.08. The zero-order chi connectivity index (χ0) is 13.6. The largest absolute Gasteiger partial charge is 0.480 e. The first-order valence-corrected chi connectivity index (χ1v) is 7.29. The summed E-state index contributed by atoms with van der Waals surface area (Å²) in [5, 5.41) is 9.28. The van der Waals surface area contributed by atoms with E-state index in [0.29, 0.717) is 6.42 Å². The Hall–Kier alpha value is -0.610. The maximum Gasteiger partial charge on any atom is 0.323 e. The summed E-state index contributed by atoms with van der Waals surface area (Å²) in [4.78, 5) is 13.7. The van der Waals surface area contributed by atoms with Crippen LogP contribution in [0.15, 0.2) is 0 Å². The Morgan fingerprint density at radius 1 is 1.33 bits per heavy atom. The Kier molecular flexibility index (Phi) is 6.09. The van der Waals surface area contributed by atoms with E-state index in [2.05, 4.69) is 18.7 Å². The SMILES string of the molecule is CCCN(CCC)CCC1CCCC1(N)C(=O)O. The molecule has 0 aromatic rings. The van der Waals surface area contributed by atoms with E-state index < -0.39 is 11.5 Å². The van der Waals surface area contributed by atoms with Gasteiger partial charge in [-0.05, 0) is 57.7 Å². The normalized spacial score (nSPS) is 27.9. The van der Waals surface area contributed by atoms with Crippen LogP contribution in [0.5, 0.6) is 0 Å². The number of carboxylic acid groups (broad SMARTS) is 1. The second-order valence-corrected chi connectivity index (χ2v) is 5.56. The van der Waals surface area contributed by atoms with Gasteiger partial charge in [0.2, 0.25) is 0 Å². The molecule has 2 atom stereocenters. The van der Waals surface area contributed by atoms with E-state index in [0.717, 1.165) is 51.7 Å². The number of aliphatic carboxylic acids is 1.